The number of pyridine rings is 1. The number of methoxy groups -OCH3 is 1. The zero-order valence-electron chi connectivity index (χ0n) is 24.4. The molecule has 5 rings (SSSR count). The van der Waals surface area contributed by atoms with Crippen molar-refractivity contribution in [1.29, 1.82) is 0 Å². The van der Waals surface area contributed by atoms with Crippen LogP contribution in [-0.2, 0) is 24.3 Å². The number of benzene rings is 1. The van der Waals surface area contributed by atoms with E-state index in [-0.39, 0.29) is 25.3 Å². The maximum atomic E-state index is 13.8. The van der Waals surface area contributed by atoms with Crippen molar-refractivity contribution in [3.05, 3.63) is 42.1 Å². The van der Waals surface area contributed by atoms with Crippen LogP contribution in [0.1, 0.15) is 46.5 Å². The van der Waals surface area contributed by atoms with Crippen LogP contribution in [0, 0.1) is 5.92 Å². The van der Waals surface area contributed by atoms with Crippen LogP contribution in [0.15, 0.2) is 37.1 Å². The van der Waals surface area contributed by atoms with Gasteiger partial charge in [0.05, 0.1) is 25.1 Å². The summed E-state index contributed by atoms with van der Waals surface area (Å²) in [5.41, 5.74) is -2.34. The summed E-state index contributed by atoms with van der Waals surface area (Å²) in [6.07, 6.45) is 2.78. The number of rotatable bonds is 9. The van der Waals surface area contributed by atoms with Crippen molar-refractivity contribution in [3.8, 4) is 11.6 Å². The number of amides is 3. The summed E-state index contributed by atoms with van der Waals surface area (Å²) in [5.74, 6) is -1.18. The van der Waals surface area contributed by atoms with Gasteiger partial charge in [-0.2, -0.15) is 0 Å². The second kappa shape index (κ2) is 11.2. The highest BCUT2D eigenvalue weighted by Gasteiger charge is 2.62. The number of aromatic nitrogens is 1. The molecule has 1 aliphatic heterocycles. The van der Waals surface area contributed by atoms with Crippen molar-refractivity contribution >= 4 is 50.3 Å². The van der Waals surface area contributed by atoms with Crippen LogP contribution >= 0.6 is 11.6 Å². The van der Waals surface area contributed by atoms with E-state index in [2.05, 4.69) is 21.6 Å². The molecule has 14 heteroatoms. The van der Waals surface area contributed by atoms with Crippen LogP contribution < -0.4 is 19.5 Å². The first kappa shape index (κ1) is 30.9. The number of carbonyl (C=O) groups excluding carboxylic acids is 3. The minimum Gasteiger partial charge on any atom is -0.494 e. The summed E-state index contributed by atoms with van der Waals surface area (Å²) in [7, 11) is -2.32. The maximum Gasteiger partial charge on any atom is 0.411 e. The van der Waals surface area contributed by atoms with E-state index in [9.17, 15) is 22.8 Å². The van der Waals surface area contributed by atoms with Gasteiger partial charge in [0, 0.05) is 28.1 Å². The minimum atomic E-state index is -3.84. The third kappa shape index (κ3) is 6.37. The molecule has 4 atom stereocenters. The number of nitrogens with zero attached hydrogens (tertiary/aromatic N) is 2. The van der Waals surface area contributed by atoms with Gasteiger partial charge in [-0.1, -0.05) is 17.7 Å². The summed E-state index contributed by atoms with van der Waals surface area (Å²) in [4.78, 5) is 45.9. The average molecular weight is 635 g/mol. The molecule has 43 heavy (non-hydrogen) atoms. The standard InChI is InChI=1S/C29H35ClN4O8S/c1-6-16-13-29(16,26(36)33-43(38,39)19-8-9-19)32-24(35)22-12-18(15-34(22)27(37)42-28(2,3)4)41-25-21-11-17(30)7-10-20(21)23(40-5)14-31-25/h6-7,10-11,14,16,18-19,22H,1,8-9,12-13,15H2,2-5H3,(H,32,35)(H,33,36)/t16-,18-,22?,29-/m1/s1. The number of hydrogen-bond donors (Lipinski definition) is 2. The Bertz CT molecular complexity index is 1590. The number of likely N-dealkylation sites (tertiary alicyclic amines) is 1. The van der Waals surface area contributed by atoms with Crippen LogP contribution in [0.3, 0.4) is 0 Å². The molecule has 1 aromatic heterocycles. The van der Waals surface area contributed by atoms with Gasteiger partial charge >= 0.3 is 6.09 Å². The largest absolute Gasteiger partial charge is 0.494 e. The topological polar surface area (TPSA) is 153 Å². The van der Waals surface area contributed by atoms with E-state index in [1.807, 2.05) is 0 Å². The lowest BCUT2D eigenvalue weighted by Crippen LogP contribution is -2.56. The second-order valence-electron chi connectivity index (χ2n) is 12.1. The molecular weight excluding hydrogens is 600 g/mol. The van der Waals surface area contributed by atoms with Crippen molar-refractivity contribution in [1.82, 2.24) is 19.9 Å². The molecule has 3 amide bonds. The van der Waals surface area contributed by atoms with Gasteiger partial charge in [0.2, 0.25) is 21.8 Å². The Hall–Kier alpha value is -3.58. The molecule has 2 aromatic rings. The Kier molecular flexibility index (Phi) is 8.01. The fourth-order valence-electron chi connectivity index (χ4n) is 5.25. The summed E-state index contributed by atoms with van der Waals surface area (Å²) in [6, 6.07) is 4.10. The number of sulfonamides is 1. The lowest BCUT2D eigenvalue weighted by Gasteiger charge is -2.29. The molecule has 1 saturated heterocycles. The molecule has 232 valence electrons. The van der Waals surface area contributed by atoms with Crippen LogP contribution in [0.5, 0.6) is 11.6 Å². The third-order valence-electron chi connectivity index (χ3n) is 7.72. The van der Waals surface area contributed by atoms with Crippen molar-refractivity contribution < 1.29 is 37.0 Å². The Balaban J connectivity index is 1.39. The molecule has 3 fully saturated rings. The monoisotopic (exact) mass is 634 g/mol. The van der Waals surface area contributed by atoms with Gasteiger partial charge in [-0.3, -0.25) is 19.2 Å². The van der Waals surface area contributed by atoms with Gasteiger partial charge in [0.1, 0.15) is 29.0 Å². The maximum absolute atomic E-state index is 13.8. The summed E-state index contributed by atoms with van der Waals surface area (Å²) in [6.45, 7) is 8.84. The van der Waals surface area contributed by atoms with Crippen LogP contribution in [-0.4, -0.2) is 78.4 Å². The highest BCUT2D eigenvalue weighted by Crippen LogP contribution is 2.45. The number of carbonyl (C=O) groups is 3. The highest BCUT2D eigenvalue weighted by atomic mass is 35.5. The molecule has 3 aliphatic rings. The molecule has 2 saturated carbocycles. The van der Waals surface area contributed by atoms with E-state index in [0.29, 0.717) is 34.4 Å². The third-order valence-corrected chi connectivity index (χ3v) is 9.77. The Labute approximate surface area is 255 Å². The number of halogens is 1. The fraction of sp³-hybridized carbons (Fsp3) is 0.517. The molecule has 0 bridgehead atoms. The number of hydrogen-bond acceptors (Lipinski definition) is 9. The normalized spacial score (nSPS) is 25.1. The summed E-state index contributed by atoms with van der Waals surface area (Å²) >= 11 is 6.25. The Morgan fingerprint density at radius 3 is 2.53 bits per heavy atom. The molecule has 2 N–H and O–H groups in total. The van der Waals surface area contributed by atoms with Crippen molar-refractivity contribution in [3.63, 3.8) is 0 Å². The number of nitrogens with one attached hydrogen (secondary N) is 2. The lowest BCUT2D eigenvalue weighted by atomic mass is 10.1. The average Bonchev–Trinajstić information content (AvgIpc) is 3.85. The van der Waals surface area contributed by atoms with E-state index in [4.69, 9.17) is 25.8 Å². The van der Waals surface area contributed by atoms with Gasteiger partial charge in [-0.05, 0) is 58.2 Å². The molecule has 2 heterocycles. The van der Waals surface area contributed by atoms with E-state index in [0.717, 1.165) is 0 Å². The van der Waals surface area contributed by atoms with Crippen LogP contribution in [0.2, 0.25) is 5.02 Å². The highest BCUT2D eigenvalue weighted by molar-refractivity contribution is 7.91. The molecule has 0 radical (unpaired) electrons. The first-order valence-corrected chi connectivity index (χ1v) is 15.9. The molecule has 1 unspecified atom stereocenters. The summed E-state index contributed by atoms with van der Waals surface area (Å²) in [5, 5.41) is 3.88. The van der Waals surface area contributed by atoms with Gasteiger partial charge in [0.15, 0.2) is 0 Å². The quantitative estimate of drug-likeness (QED) is 0.396. The Morgan fingerprint density at radius 1 is 1.21 bits per heavy atom. The van der Waals surface area contributed by atoms with E-state index in [1.54, 1.807) is 39.0 Å². The van der Waals surface area contributed by atoms with Crippen LogP contribution in [0.4, 0.5) is 4.79 Å². The zero-order chi connectivity index (χ0) is 31.3. The Morgan fingerprint density at radius 2 is 1.93 bits per heavy atom. The lowest BCUT2D eigenvalue weighted by molar-refractivity contribution is -0.131. The summed E-state index contributed by atoms with van der Waals surface area (Å²) < 4.78 is 44.3. The van der Waals surface area contributed by atoms with Gasteiger partial charge < -0.3 is 19.5 Å². The van der Waals surface area contributed by atoms with Crippen molar-refractivity contribution in [2.75, 3.05) is 13.7 Å². The van der Waals surface area contributed by atoms with Crippen molar-refractivity contribution in [2.24, 2.45) is 5.92 Å². The number of ether oxygens (including phenoxy) is 3. The first-order chi connectivity index (χ1) is 20.2. The SMILES string of the molecule is C=C[C@@H]1C[C@]1(NC(=O)C1C[C@@H](Oc2ncc(OC)c3ccc(Cl)cc23)CN1C(=O)OC(C)(C)C)C(=O)NS(=O)(=O)C1CC1. The molecule has 2 aliphatic carbocycles. The van der Waals surface area contributed by atoms with E-state index < -0.39 is 62.4 Å². The number of fused-ring (bicyclic) bond motifs is 1. The van der Waals surface area contributed by atoms with Crippen molar-refractivity contribution in [2.45, 2.75) is 75.0 Å². The zero-order valence-corrected chi connectivity index (χ0v) is 26.0. The van der Waals surface area contributed by atoms with E-state index >= 15 is 0 Å². The first-order valence-electron chi connectivity index (χ1n) is 14.0. The van der Waals surface area contributed by atoms with Crippen LogP contribution in [0.25, 0.3) is 10.8 Å². The smallest absolute Gasteiger partial charge is 0.411 e. The molecule has 0 spiro atoms. The second-order valence-corrected chi connectivity index (χ2v) is 14.5. The fourth-order valence-corrected chi connectivity index (χ4v) is 6.79. The van der Waals surface area contributed by atoms with Gasteiger partial charge in [0.25, 0.3) is 5.91 Å². The van der Waals surface area contributed by atoms with Gasteiger partial charge in [-0.15, -0.1) is 6.58 Å². The predicted molar refractivity (Wildman–Crippen MR) is 158 cm³/mol. The van der Waals surface area contributed by atoms with Gasteiger partial charge in [-0.25, -0.2) is 18.2 Å². The predicted octanol–water partition coefficient (Wildman–Crippen LogP) is 3.32. The molecule has 1 aromatic carbocycles. The molecular formula is C29H35ClN4O8S. The van der Waals surface area contributed by atoms with E-state index in [1.165, 1.54) is 24.3 Å². The minimum absolute atomic E-state index is 0.0110. The molecule has 12 nitrogen and oxygen atoms in total.